The Labute approximate surface area is 222 Å². The van der Waals surface area contributed by atoms with Crippen LogP contribution in [0.1, 0.15) is 46.5 Å². The zero-order valence-electron chi connectivity index (χ0n) is 21.1. The van der Waals surface area contributed by atoms with E-state index in [2.05, 4.69) is 24.5 Å². The van der Waals surface area contributed by atoms with Crippen LogP contribution in [0.25, 0.3) is 0 Å². The minimum atomic E-state index is -0.441. The number of carbonyl (C=O) groups excluding carboxylic acids is 2. The van der Waals surface area contributed by atoms with Crippen LogP contribution in [0.2, 0.25) is 0 Å². The molecule has 4 aromatic carbocycles. The van der Waals surface area contributed by atoms with Crippen LogP contribution in [0, 0.1) is 0 Å². The molecule has 0 aromatic heterocycles. The molecule has 6 heteroatoms. The molecule has 2 N–H and O–H groups in total. The Morgan fingerprint density at radius 2 is 1.38 bits per heavy atom. The number of amides is 2. The predicted octanol–water partition coefficient (Wildman–Crippen LogP) is 7.54. The first-order chi connectivity index (χ1) is 17.9. The lowest BCUT2D eigenvalue weighted by molar-refractivity contribution is -0.115. The largest absolute Gasteiger partial charge is 0.497 e. The number of rotatable bonds is 9. The quantitative estimate of drug-likeness (QED) is 0.228. The fourth-order valence-corrected chi connectivity index (χ4v) is 4.80. The summed E-state index contributed by atoms with van der Waals surface area (Å²) in [5.74, 6) is 0.745. The Bertz CT molecular complexity index is 1340. The molecule has 4 aromatic rings. The van der Waals surface area contributed by atoms with Gasteiger partial charge in [0.2, 0.25) is 5.91 Å². The molecule has 188 valence electrons. The molecular formula is C31H30N2O3S. The van der Waals surface area contributed by atoms with Crippen molar-refractivity contribution in [3.8, 4) is 5.75 Å². The van der Waals surface area contributed by atoms with Crippen LogP contribution in [-0.2, 0) is 4.79 Å². The maximum atomic E-state index is 13.4. The fraction of sp³-hybridized carbons (Fsp3) is 0.161. The standard InChI is InChI=1S/C31H30N2O3S/c1-21(2)22-12-14-25(15-13-22)33-31(35)29(23-8-5-4-6-9-23)37-28-18-16-26(17-19-28)32-30(34)24-10-7-11-27(20-24)36-3/h4-21,29H,1-3H3,(H,32,34)(H,33,35). The molecule has 0 radical (unpaired) electrons. The Morgan fingerprint density at radius 1 is 0.730 bits per heavy atom. The minimum Gasteiger partial charge on any atom is -0.497 e. The van der Waals surface area contributed by atoms with E-state index >= 15 is 0 Å². The van der Waals surface area contributed by atoms with Gasteiger partial charge in [0.05, 0.1) is 7.11 Å². The first-order valence-electron chi connectivity index (χ1n) is 12.1. The molecule has 0 spiro atoms. The molecule has 0 fully saturated rings. The van der Waals surface area contributed by atoms with Crippen molar-refractivity contribution in [3.05, 3.63) is 120 Å². The van der Waals surface area contributed by atoms with Gasteiger partial charge in [0.15, 0.2) is 0 Å². The third kappa shape index (κ3) is 7.02. The number of benzene rings is 4. The second-order valence-corrected chi connectivity index (χ2v) is 10.1. The smallest absolute Gasteiger partial charge is 0.255 e. The lowest BCUT2D eigenvalue weighted by Crippen LogP contribution is -2.19. The first kappa shape index (κ1) is 26.0. The van der Waals surface area contributed by atoms with Crippen molar-refractivity contribution in [2.75, 3.05) is 17.7 Å². The van der Waals surface area contributed by atoms with Crippen molar-refractivity contribution in [1.29, 1.82) is 0 Å². The van der Waals surface area contributed by atoms with E-state index in [-0.39, 0.29) is 11.8 Å². The average molecular weight is 511 g/mol. The molecule has 1 unspecified atom stereocenters. The molecule has 37 heavy (non-hydrogen) atoms. The molecule has 0 aliphatic carbocycles. The minimum absolute atomic E-state index is 0.0936. The molecule has 0 aliphatic rings. The van der Waals surface area contributed by atoms with Crippen molar-refractivity contribution in [2.24, 2.45) is 0 Å². The highest BCUT2D eigenvalue weighted by Gasteiger charge is 2.22. The second kappa shape index (κ2) is 12.3. The van der Waals surface area contributed by atoms with Crippen LogP contribution in [0.3, 0.4) is 0 Å². The monoisotopic (exact) mass is 510 g/mol. The molecule has 4 rings (SSSR count). The number of methoxy groups -OCH3 is 1. The van der Waals surface area contributed by atoms with E-state index in [9.17, 15) is 9.59 Å². The van der Waals surface area contributed by atoms with Gasteiger partial charge in [0.25, 0.3) is 5.91 Å². The van der Waals surface area contributed by atoms with E-state index in [4.69, 9.17) is 4.74 Å². The zero-order chi connectivity index (χ0) is 26.2. The van der Waals surface area contributed by atoms with Gasteiger partial charge in [0.1, 0.15) is 11.0 Å². The number of hydrogen-bond donors (Lipinski definition) is 2. The van der Waals surface area contributed by atoms with Gasteiger partial charge in [-0.15, -0.1) is 11.8 Å². The summed E-state index contributed by atoms with van der Waals surface area (Å²) in [5, 5.41) is 5.53. The van der Waals surface area contributed by atoms with Gasteiger partial charge >= 0.3 is 0 Å². The van der Waals surface area contributed by atoms with E-state index in [1.165, 1.54) is 17.3 Å². The van der Waals surface area contributed by atoms with Crippen molar-refractivity contribution in [2.45, 2.75) is 29.9 Å². The Morgan fingerprint density at radius 3 is 2.03 bits per heavy atom. The maximum absolute atomic E-state index is 13.4. The molecule has 0 aliphatic heterocycles. The lowest BCUT2D eigenvalue weighted by Gasteiger charge is -2.18. The summed E-state index contributed by atoms with van der Waals surface area (Å²) in [6.45, 7) is 4.29. The van der Waals surface area contributed by atoms with Crippen LogP contribution in [0.15, 0.2) is 108 Å². The summed E-state index contributed by atoms with van der Waals surface area (Å²) < 4.78 is 5.20. The van der Waals surface area contributed by atoms with Gasteiger partial charge in [-0.1, -0.05) is 62.4 Å². The van der Waals surface area contributed by atoms with E-state index in [1.54, 1.807) is 31.4 Å². The molecule has 2 amide bonds. The van der Waals surface area contributed by atoms with Crippen LogP contribution in [0.5, 0.6) is 5.75 Å². The highest BCUT2D eigenvalue weighted by molar-refractivity contribution is 8.00. The van der Waals surface area contributed by atoms with Crippen LogP contribution < -0.4 is 15.4 Å². The summed E-state index contributed by atoms with van der Waals surface area (Å²) in [5.41, 5.74) is 4.10. The van der Waals surface area contributed by atoms with Gasteiger partial charge in [-0.25, -0.2) is 0 Å². The maximum Gasteiger partial charge on any atom is 0.255 e. The zero-order valence-corrected chi connectivity index (χ0v) is 21.9. The highest BCUT2D eigenvalue weighted by atomic mass is 32.2. The van der Waals surface area contributed by atoms with Crippen molar-refractivity contribution >= 4 is 35.0 Å². The summed E-state index contributed by atoms with van der Waals surface area (Å²) in [7, 11) is 1.57. The normalized spacial score (nSPS) is 11.6. The van der Waals surface area contributed by atoms with Crippen molar-refractivity contribution in [1.82, 2.24) is 0 Å². The molecule has 1 atom stereocenters. The number of carbonyl (C=O) groups is 2. The van der Waals surface area contributed by atoms with Gasteiger partial charge < -0.3 is 15.4 Å². The first-order valence-corrected chi connectivity index (χ1v) is 13.0. The van der Waals surface area contributed by atoms with E-state index in [1.807, 2.05) is 78.9 Å². The topological polar surface area (TPSA) is 67.4 Å². The number of anilines is 2. The van der Waals surface area contributed by atoms with E-state index in [0.717, 1.165) is 16.1 Å². The molecule has 0 heterocycles. The summed E-state index contributed by atoms with van der Waals surface area (Å²) >= 11 is 1.46. The Balaban J connectivity index is 1.47. The highest BCUT2D eigenvalue weighted by Crippen LogP contribution is 2.37. The molecular weight excluding hydrogens is 480 g/mol. The SMILES string of the molecule is COc1cccc(C(=O)Nc2ccc(SC(C(=O)Nc3ccc(C(C)C)cc3)c3ccccc3)cc2)c1. The summed E-state index contributed by atoms with van der Waals surface area (Å²) in [6.07, 6.45) is 0. The fourth-order valence-electron chi connectivity index (χ4n) is 3.78. The number of hydrogen-bond acceptors (Lipinski definition) is 4. The van der Waals surface area contributed by atoms with E-state index < -0.39 is 5.25 Å². The van der Waals surface area contributed by atoms with Gasteiger partial charge in [0, 0.05) is 21.8 Å². The number of nitrogens with one attached hydrogen (secondary N) is 2. The summed E-state index contributed by atoms with van der Waals surface area (Å²) in [6, 6.07) is 32.2. The third-order valence-corrected chi connectivity index (χ3v) is 7.15. The molecule has 0 saturated carbocycles. The lowest BCUT2D eigenvalue weighted by atomic mass is 10.0. The van der Waals surface area contributed by atoms with Crippen LogP contribution in [-0.4, -0.2) is 18.9 Å². The molecule has 5 nitrogen and oxygen atoms in total. The van der Waals surface area contributed by atoms with Gasteiger partial charge in [-0.3, -0.25) is 9.59 Å². The Hall–Kier alpha value is -4.03. The second-order valence-electron chi connectivity index (χ2n) is 8.88. The van der Waals surface area contributed by atoms with Gasteiger partial charge in [-0.05, 0) is 71.6 Å². The van der Waals surface area contributed by atoms with Crippen molar-refractivity contribution < 1.29 is 14.3 Å². The third-order valence-electron chi connectivity index (χ3n) is 5.88. The molecule has 0 bridgehead atoms. The molecule has 0 saturated heterocycles. The van der Waals surface area contributed by atoms with E-state index in [0.29, 0.717) is 22.9 Å². The predicted molar refractivity (Wildman–Crippen MR) is 152 cm³/mol. The Kier molecular flexibility index (Phi) is 8.64. The number of ether oxygens (including phenoxy) is 1. The number of thioether (sulfide) groups is 1. The van der Waals surface area contributed by atoms with Crippen LogP contribution >= 0.6 is 11.8 Å². The van der Waals surface area contributed by atoms with Gasteiger partial charge in [-0.2, -0.15) is 0 Å². The van der Waals surface area contributed by atoms with Crippen LogP contribution in [0.4, 0.5) is 11.4 Å². The average Bonchev–Trinajstić information content (AvgIpc) is 2.93. The summed E-state index contributed by atoms with van der Waals surface area (Å²) in [4.78, 5) is 26.9. The van der Waals surface area contributed by atoms with Crippen molar-refractivity contribution in [3.63, 3.8) is 0 Å².